The summed E-state index contributed by atoms with van der Waals surface area (Å²) in [6, 6.07) is 36.2. The number of ether oxygens (including phenoxy) is 1. The number of carbonyl (C=O) groups excluding carboxylic acids is 1. The summed E-state index contributed by atoms with van der Waals surface area (Å²) in [5, 5.41) is 12.5. The van der Waals surface area contributed by atoms with Crippen LogP contribution in [0.5, 0.6) is 0 Å². The Morgan fingerprint density at radius 1 is 0.921 bits per heavy atom. The molecule has 2 aliphatic heterocycles. The smallest absolute Gasteiger partial charge is 0.407 e. The zero-order valence-electron chi connectivity index (χ0n) is 20.9. The third-order valence-electron chi connectivity index (χ3n) is 7.31. The van der Waals surface area contributed by atoms with E-state index in [0.717, 1.165) is 40.1 Å². The van der Waals surface area contributed by atoms with Crippen molar-refractivity contribution >= 4 is 17.5 Å². The summed E-state index contributed by atoms with van der Waals surface area (Å²) in [5.41, 5.74) is 8.44. The molecule has 2 heterocycles. The molecule has 0 unspecified atom stereocenters. The number of carbonyl (C=O) groups is 1. The maximum Gasteiger partial charge on any atom is 0.407 e. The number of para-hydroxylation sites is 1. The molecular weight excluding hydrogens is 470 g/mol. The maximum absolute atomic E-state index is 13.0. The number of benzene rings is 4. The maximum atomic E-state index is 13.0. The van der Waals surface area contributed by atoms with Crippen LogP contribution in [0.3, 0.4) is 0 Å². The fourth-order valence-electron chi connectivity index (χ4n) is 5.53. The van der Waals surface area contributed by atoms with Crippen LogP contribution in [0.1, 0.15) is 51.9 Å². The molecule has 186 valence electrons. The molecule has 0 fully saturated rings. The highest BCUT2D eigenvalue weighted by atomic mass is 16.5. The normalized spacial score (nSPS) is 17.6. The van der Waals surface area contributed by atoms with Crippen LogP contribution in [-0.2, 0) is 17.8 Å². The summed E-state index contributed by atoms with van der Waals surface area (Å²) in [4.78, 5) is 15.4. The predicted molar refractivity (Wildman–Crippen MR) is 148 cm³/mol. The van der Waals surface area contributed by atoms with Gasteiger partial charge in [-0.05, 0) is 52.8 Å². The molecule has 4 aromatic carbocycles. The molecule has 0 saturated heterocycles. The van der Waals surface area contributed by atoms with Crippen LogP contribution in [0.2, 0.25) is 0 Å². The van der Waals surface area contributed by atoms with Crippen LogP contribution in [0.25, 0.3) is 5.70 Å². The molecule has 0 bridgehead atoms. The number of nitrogens with one attached hydrogen (secondary N) is 1. The highest BCUT2D eigenvalue weighted by molar-refractivity contribution is 5.87. The van der Waals surface area contributed by atoms with E-state index in [1.165, 1.54) is 5.56 Å². The monoisotopic (exact) mass is 497 g/mol. The molecule has 38 heavy (non-hydrogen) atoms. The van der Waals surface area contributed by atoms with Gasteiger partial charge in [-0.1, -0.05) is 97.1 Å². The molecule has 0 spiro atoms. The minimum atomic E-state index is -0.432. The van der Waals surface area contributed by atoms with Gasteiger partial charge in [0.1, 0.15) is 6.61 Å². The van der Waals surface area contributed by atoms with Gasteiger partial charge in [0.05, 0.1) is 29.4 Å². The number of hydrogen-bond donors (Lipinski definition) is 1. The van der Waals surface area contributed by atoms with Gasteiger partial charge in [0.25, 0.3) is 0 Å². The van der Waals surface area contributed by atoms with Gasteiger partial charge in [0.2, 0.25) is 0 Å². The molecule has 5 nitrogen and oxygen atoms in total. The van der Waals surface area contributed by atoms with Crippen molar-refractivity contribution in [2.24, 2.45) is 0 Å². The number of anilines is 1. The quantitative estimate of drug-likeness (QED) is 0.320. The summed E-state index contributed by atoms with van der Waals surface area (Å²) < 4.78 is 5.59. The van der Waals surface area contributed by atoms with E-state index < -0.39 is 6.09 Å². The average molecular weight is 498 g/mol. The molecule has 6 rings (SSSR count). The second kappa shape index (κ2) is 10.3. The molecule has 2 atom stereocenters. The minimum Gasteiger partial charge on any atom is -0.445 e. The zero-order chi connectivity index (χ0) is 25.9. The highest BCUT2D eigenvalue weighted by Crippen LogP contribution is 2.51. The van der Waals surface area contributed by atoms with E-state index in [2.05, 4.69) is 64.8 Å². The van der Waals surface area contributed by atoms with Crippen LogP contribution in [0.4, 0.5) is 10.5 Å². The second-order valence-electron chi connectivity index (χ2n) is 9.63. The van der Waals surface area contributed by atoms with Crippen molar-refractivity contribution in [3.63, 3.8) is 0 Å². The lowest BCUT2D eigenvalue weighted by atomic mass is 9.82. The van der Waals surface area contributed by atoms with Gasteiger partial charge in [-0.2, -0.15) is 5.26 Å². The van der Waals surface area contributed by atoms with Gasteiger partial charge >= 0.3 is 6.09 Å². The van der Waals surface area contributed by atoms with Gasteiger partial charge in [0.15, 0.2) is 0 Å². The number of nitrogens with zero attached hydrogens (tertiary/aromatic N) is 2. The lowest BCUT2D eigenvalue weighted by Gasteiger charge is -2.46. The fourth-order valence-corrected chi connectivity index (χ4v) is 5.53. The first-order valence-electron chi connectivity index (χ1n) is 12.8. The van der Waals surface area contributed by atoms with Gasteiger partial charge in [-0.25, -0.2) is 4.79 Å². The Kier molecular flexibility index (Phi) is 6.37. The molecule has 0 radical (unpaired) electrons. The Bertz CT molecular complexity index is 1520. The van der Waals surface area contributed by atoms with E-state index in [4.69, 9.17) is 4.74 Å². The first kappa shape index (κ1) is 23.6. The van der Waals surface area contributed by atoms with Gasteiger partial charge in [0, 0.05) is 5.70 Å². The largest absolute Gasteiger partial charge is 0.445 e. The Morgan fingerprint density at radius 3 is 2.39 bits per heavy atom. The van der Waals surface area contributed by atoms with Crippen molar-refractivity contribution in [1.29, 1.82) is 5.26 Å². The number of amides is 1. The standard InChI is InChI=1S/C33H27N3O2/c34-21-23-14-16-26(17-15-23)31-20-29(35-33(37)38-22-24-8-3-1-4-9-24)28-13-7-12-27-18-19-30(36(31)32(27)28)25-10-5-2-6-11-25/h1-17,19,29,31H,18,20,22H2,(H,35,37)/t29-,31-/m0/s1. The van der Waals surface area contributed by atoms with Gasteiger partial charge in [-0.3, -0.25) is 0 Å². The van der Waals surface area contributed by atoms with Crippen molar-refractivity contribution in [2.45, 2.75) is 31.5 Å². The summed E-state index contributed by atoms with van der Waals surface area (Å²) >= 11 is 0. The highest BCUT2D eigenvalue weighted by Gasteiger charge is 2.39. The molecule has 1 amide bonds. The van der Waals surface area contributed by atoms with E-state index >= 15 is 0 Å². The summed E-state index contributed by atoms with van der Waals surface area (Å²) in [5.74, 6) is 0. The van der Waals surface area contributed by atoms with E-state index in [9.17, 15) is 10.1 Å². The van der Waals surface area contributed by atoms with E-state index in [-0.39, 0.29) is 18.7 Å². The van der Waals surface area contributed by atoms with Crippen LogP contribution in [-0.4, -0.2) is 6.09 Å². The van der Waals surface area contributed by atoms with E-state index in [1.807, 2.05) is 60.7 Å². The van der Waals surface area contributed by atoms with Crippen molar-refractivity contribution in [3.05, 3.63) is 143 Å². The average Bonchev–Trinajstić information content (AvgIpc) is 2.98. The predicted octanol–water partition coefficient (Wildman–Crippen LogP) is 7.07. The molecular formula is C33H27N3O2. The van der Waals surface area contributed by atoms with Gasteiger partial charge < -0.3 is 15.0 Å². The first-order chi connectivity index (χ1) is 18.7. The fraction of sp³-hybridized carbons (Fsp3) is 0.152. The number of hydrogen-bond acceptors (Lipinski definition) is 4. The SMILES string of the molecule is N#Cc1ccc([C@@H]2C[C@H](NC(=O)OCc3ccccc3)c3cccc4c3N2C(c2ccccc2)=CC4)cc1. The lowest BCUT2D eigenvalue weighted by molar-refractivity contribution is 0.134. The Hall–Kier alpha value is -4.82. The van der Waals surface area contributed by atoms with E-state index in [1.54, 1.807) is 0 Å². The number of allylic oxidation sites excluding steroid dienone is 1. The van der Waals surface area contributed by atoms with Crippen molar-refractivity contribution in [1.82, 2.24) is 5.32 Å². The topological polar surface area (TPSA) is 65.4 Å². The van der Waals surface area contributed by atoms with Crippen molar-refractivity contribution < 1.29 is 9.53 Å². The third kappa shape index (κ3) is 4.53. The molecule has 0 aliphatic carbocycles. The number of nitriles is 1. The Morgan fingerprint density at radius 2 is 1.66 bits per heavy atom. The molecule has 1 N–H and O–H groups in total. The summed E-state index contributed by atoms with van der Waals surface area (Å²) in [7, 11) is 0. The lowest BCUT2D eigenvalue weighted by Crippen LogP contribution is -2.41. The molecule has 0 saturated carbocycles. The third-order valence-corrected chi connectivity index (χ3v) is 7.31. The second-order valence-corrected chi connectivity index (χ2v) is 9.63. The number of rotatable bonds is 5. The van der Waals surface area contributed by atoms with Crippen LogP contribution in [0.15, 0.2) is 109 Å². The Labute approximate surface area is 222 Å². The first-order valence-corrected chi connectivity index (χ1v) is 12.8. The van der Waals surface area contributed by atoms with Crippen molar-refractivity contribution in [2.75, 3.05) is 4.90 Å². The van der Waals surface area contributed by atoms with Crippen LogP contribution in [0, 0.1) is 11.3 Å². The minimum absolute atomic E-state index is 0.0393. The molecule has 2 aliphatic rings. The summed E-state index contributed by atoms with van der Waals surface area (Å²) in [6.07, 6.45) is 3.33. The molecule has 0 aromatic heterocycles. The molecule has 4 aromatic rings. The van der Waals surface area contributed by atoms with Gasteiger partial charge in [-0.15, -0.1) is 0 Å². The van der Waals surface area contributed by atoms with E-state index in [0.29, 0.717) is 12.0 Å². The Balaban J connectivity index is 1.37. The summed E-state index contributed by atoms with van der Waals surface area (Å²) in [6.45, 7) is 0.221. The van der Waals surface area contributed by atoms with Crippen LogP contribution < -0.4 is 10.2 Å². The molecule has 5 heteroatoms. The van der Waals surface area contributed by atoms with Crippen molar-refractivity contribution in [3.8, 4) is 6.07 Å². The van der Waals surface area contributed by atoms with Crippen LogP contribution >= 0.6 is 0 Å². The number of alkyl carbamates (subject to hydrolysis) is 1. The zero-order valence-corrected chi connectivity index (χ0v) is 20.9.